The van der Waals surface area contributed by atoms with Crippen LogP contribution >= 0.6 is 0 Å². The van der Waals surface area contributed by atoms with Gasteiger partial charge in [-0.05, 0) is 18.6 Å². The van der Waals surface area contributed by atoms with Crippen molar-refractivity contribution >= 4 is 22.7 Å². The molecule has 2 rings (SSSR count). The number of aryl methyl sites for hydroxylation is 1. The molecule has 0 atom stereocenters. The van der Waals surface area contributed by atoms with E-state index in [1.807, 2.05) is 18.2 Å². The zero-order valence-corrected chi connectivity index (χ0v) is 15.5. The summed E-state index contributed by atoms with van der Waals surface area (Å²) in [5.41, 5.74) is 1.06. The number of pyridine rings is 1. The molecule has 0 bridgehead atoms. The minimum Gasteiger partial charge on any atom is -0.460 e. The quantitative estimate of drug-likeness (QED) is 0.380. The molecule has 0 radical (unpaired) electrons. The Labute approximate surface area is 164 Å². The van der Waals surface area contributed by atoms with Crippen LogP contribution in [0.3, 0.4) is 0 Å². The largest absolute Gasteiger partial charge is 1.00 e. The number of fused-ring (bicyclic) bond motifs is 1. The van der Waals surface area contributed by atoms with Crippen LogP contribution in [0.2, 0.25) is 0 Å². The van der Waals surface area contributed by atoms with Crippen LogP contribution in [0.5, 0.6) is 0 Å². The number of aromatic nitrogens is 1. The molecule has 0 N–H and O–H groups in total. The molecule has 6 heteroatoms. The number of hydrogen-bond donors (Lipinski definition) is 0. The molecule has 0 amide bonds. The maximum Gasteiger partial charge on any atom is 1.00 e. The van der Waals surface area contributed by atoms with Crippen molar-refractivity contribution < 1.29 is 65.7 Å². The molecule has 0 fully saturated rings. The van der Waals surface area contributed by atoms with Gasteiger partial charge >= 0.3 is 57.4 Å². The van der Waals surface area contributed by atoms with Crippen molar-refractivity contribution in [2.45, 2.75) is 13.3 Å². The molecule has 1 aromatic heterocycles. The van der Waals surface area contributed by atoms with E-state index in [1.165, 1.54) is 10.6 Å². The van der Waals surface area contributed by atoms with Gasteiger partial charge in [0.2, 0.25) is 5.78 Å². The van der Waals surface area contributed by atoms with Crippen molar-refractivity contribution in [3.8, 4) is 0 Å². The average Bonchev–Trinajstić information content (AvgIpc) is 2.44. The zero-order chi connectivity index (χ0) is 14.7. The molecule has 0 saturated heterocycles. The second-order valence-electron chi connectivity index (χ2n) is 4.40. The van der Waals surface area contributed by atoms with Crippen molar-refractivity contribution in [1.29, 1.82) is 0 Å². The topological polar surface area (TPSA) is 65.4 Å². The Balaban J connectivity index is 0.00000220. The number of esters is 1. The number of rotatable bonds is 4. The fraction of sp³-hybridized carbons (Fsp3) is 0.267. The second kappa shape index (κ2) is 8.00. The average molecular weight is 312 g/mol. The fourth-order valence-corrected chi connectivity index (χ4v) is 2.08. The first kappa shape index (κ1) is 18.3. The summed E-state index contributed by atoms with van der Waals surface area (Å²) in [4.78, 5) is 35.0. The van der Waals surface area contributed by atoms with Gasteiger partial charge in [0.25, 0.3) is 5.56 Å². The van der Waals surface area contributed by atoms with Crippen molar-refractivity contribution in [2.75, 3.05) is 6.61 Å². The van der Waals surface area contributed by atoms with Gasteiger partial charge in [-0.15, -0.1) is 0 Å². The first-order valence-electron chi connectivity index (χ1n) is 6.32. The van der Waals surface area contributed by atoms with Crippen LogP contribution in [0.1, 0.15) is 12.5 Å². The zero-order valence-electron chi connectivity index (χ0n) is 12.4. The summed E-state index contributed by atoms with van der Waals surface area (Å²) >= 11 is 0. The van der Waals surface area contributed by atoms with E-state index in [0.29, 0.717) is 5.56 Å². The third-order valence-electron chi connectivity index (χ3n) is 3.09. The summed E-state index contributed by atoms with van der Waals surface area (Å²) < 4.78 is 6.18. The predicted octanol–water partition coefficient (Wildman–Crippen LogP) is -1.78. The van der Waals surface area contributed by atoms with Crippen LogP contribution in [0.4, 0.5) is 0 Å². The van der Waals surface area contributed by atoms with Crippen molar-refractivity contribution in [1.82, 2.24) is 4.57 Å². The van der Waals surface area contributed by atoms with E-state index in [-0.39, 0.29) is 70.0 Å². The third kappa shape index (κ3) is 4.11. The Kier molecular flexibility index (Phi) is 6.96. The summed E-state index contributed by atoms with van der Waals surface area (Å²) in [5, 5.41) is 0.784. The van der Waals surface area contributed by atoms with Gasteiger partial charge in [0.05, 0.1) is 12.1 Å². The fourth-order valence-electron chi connectivity index (χ4n) is 2.08. The Morgan fingerprint density at radius 3 is 2.57 bits per heavy atom. The van der Waals surface area contributed by atoms with Crippen LogP contribution < -0.4 is 56.9 Å². The predicted molar refractivity (Wildman–Crippen MR) is 74.5 cm³/mol. The SMILES string of the molecule is CCOC(=O)C(=O)Cc1cc(=O)n(C)c2ccccc12.[K+]. The van der Waals surface area contributed by atoms with Gasteiger partial charge < -0.3 is 9.30 Å². The number of Topliss-reactive ketones (excluding diaryl/α,β-unsaturated/α-hetero) is 1. The standard InChI is InChI=1S/C15H15NO4.K/c1-3-20-15(19)13(17)8-10-9-14(18)16(2)12-7-5-4-6-11(10)12;/h4-7,9H,3,8H2,1-2H3;/q;+1. The van der Waals surface area contributed by atoms with Crippen molar-refractivity contribution in [2.24, 2.45) is 7.05 Å². The number of para-hydroxylation sites is 1. The van der Waals surface area contributed by atoms with E-state index in [2.05, 4.69) is 4.74 Å². The van der Waals surface area contributed by atoms with Crippen molar-refractivity contribution in [3.05, 3.63) is 46.2 Å². The van der Waals surface area contributed by atoms with Gasteiger partial charge in [-0.3, -0.25) is 9.59 Å². The minimum atomic E-state index is -0.864. The number of nitrogens with zero attached hydrogens (tertiary/aromatic N) is 1. The van der Waals surface area contributed by atoms with E-state index < -0.39 is 11.8 Å². The molecule has 5 nitrogen and oxygen atoms in total. The molecule has 1 aromatic carbocycles. The number of ether oxygens (including phenoxy) is 1. The Morgan fingerprint density at radius 1 is 1.24 bits per heavy atom. The number of hydrogen-bond acceptors (Lipinski definition) is 4. The Hall–Kier alpha value is -0.794. The molecule has 2 aromatic rings. The summed E-state index contributed by atoms with van der Waals surface area (Å²) in [6.45, 7) is 1.79. The van der Waals surface area contributed by atoms with Gasteiger partial charge in [-0.25, -0.2) is 4.79 Å². The summed E-state index contributed by atoms with van der Waals surface area (Å²) in [5.74, 6) is -1.51. The van der Waals surface area contributed by atoms with E-state index >= 15 is 0 Å². The molecular weight excluding hydrogens is 297 g/mol. The number of carbonyl (C=O) groups excluding carboxylic acids is 2. The van der Waals surface area contributed by atoms with E-state index in [0.717, 1.165) is 10.9 Å². The van der Waals surface area contributed by atoms with Gasteiger partial charge in [0, 0.05) is 24.9 Å². The van der Waals surface area contributed by atoms with Crippen LogP contribution in [-0.4, -0.2) is 22.9 Å². The molecule has 0 unspecified atom stereocenters. The molecule has 0 saturated carbocycles. The van der Waals surface area contributed by atoms with E-state index in [4.69, 9.17) is 0 Å². The van der Waals surface area contributed by atoms with Crippen LogP contribution in [0.25, 0.3) is 10.9 Å². The Morgan fingerprint density at radius 2 is 1.90 bits per heavy atom. The molecule has 0 spiro atoms. The molecule has 21 heavy (non-hydrogen) atoms. The van der Waals surface area contributed by atoms with Crippen LogP contribution in [-0.2, 0) is 27.8 Å². The maximum atomic E-state index is 11.9. The summed E-state index contributed by atoms with van der Waals surface area (Å²) in [6.07, 6.45) is -0.130. The second-order valence-corrected chi connectivity index (χ2v) is 4.40. The minimum absolute atomic E-state index is 0. The number of ketones is 1. The van der Waals surface area contributed by atoms with E-state index in [9.17, 15) is 14.4 Å². The first-order valence-corrected chi connectivity index (χ1v) is 6.32. The molecule has 1 heterocycles. The van der Waals surface area contributed by atoms with Gasteiger partial charge in [0.15, 0.2) is 0 Å². The molecule has 0 aliphatic rings. The molecule has 0 aliphatic carbocycles. The third-order valence-corrected chi connectivity index (χ3v) is 3.09. The van der Waals surface area contributed by atoms with Crippen molar-refractivity contribution in [3.63, 3.8) is 0 Å². The van der Waals surface area contributed by atoms with Gasteiger partial charge in [-0.1, -0.05) is 18.2 Å². The summed E-state index contributed by atoms with van der Waals surface area (Å²) in [6, 6.07) is 8.65. The monoisotopic (exact) mass is 312 g/mol. The first-order chi connectivity index (χ1) is 9.54. The smallest absolute Gasteiger partial charge is 0.460 e. The van der Waals surface area contributed by atoms with Crippen LogP contribution in [0.15, 0.2) is 35.1 Å². The number of benzene rings is 1. The van der Waals surface area contributed by atoms with E-state index in [1.54, 1.807) is 20.0 Å². The normalized spacial score (nSPS) is 10.0. The molecular formula is C15H15KNO4+. The number of carbonyl (C=O) groups is 2. The van der Waals surface area contributed by atoms with Crippen LogP contribution in [0, 0.1) is 0 Å². The molecule has 104 valence electrons. The maximum absolute atomic E-state index is 11.9. The van der Waals surface area contributed by atoms with Gasteiger partial charge in [-0.2, -0.15) is 0 Å². The molecule has 0 aliphatic heterocycles. The van der Waals surface area contributed by atoms with Gasteiger partial charge in [0.1, 0.15) is 0 Å². The Bertz CT molecular complexity index is 736. The summed E-state index contributed by atoms with van der Waals surface area (Å²) in [7, 11) is 1.67.